The number of benzene rings is 1. The van der Waals surface area contributed by atoms with Gasteiger partial charge in [0.25, 0.3) is 5.75 Å². The SMILES string of the molecule is CCOOc1cc(C(=O)OCC)cc(OOCC)c1OOCC. The number of ether oxygens (including phenoxy) is 1. The molecule has 8 heteroatoms. The van der Waals surface area contributed by atoms with Crippen molar-refractivity contribution in [2.24, 2.45) is 0 Å². The number of carbonyl (C=O) groups is 1. The summed E-state index contributed by atoms with van der Waals surface area (Å²) < 4.78 is 4.96. The quantitative estimate of drug-likeness (QED) is 0.348. The van der Waals surface area contributed by atoms with Gasteiger partial charge >= 0.3 is 5.97 Å². The van der Waals surface area contributed by atoms with E-state index >= 15 is 0 Å². The largest absolute Gasteiger partial charge is 0.462 e. The molecule has 23 heavy (non-hydrogen) atoms. The zero-order valence-electron chi connectivity index (χ0n) is 13.7. The minimum absolute atomic E-state index is 0.0850. The van der Waals surface area contributed by atoms with E-state index < -0.39 is 5.97 Å². The molecule has 0 radical (unpaired) electrons. The summed E-state index contributed by atoms with van der Waals surface area (Å²) in [5.74, 6) is -0.263. The Morgan fingerprint density at radius 2 is 1.26 bits per heavy atom. The average Bonchev–Trinajstić information content (AvgIpc) is 2.56. The first-order valence-corrected chi connectivity index (χ1v) is 7.41. The Kier molecular flexibility index (Phi) is 8.81. The minimum Gasteiger partial charge on any atom is -0.462 e. The Balaban J connectivity index is 3.21. The molecule has 0 fully saturated rings. The van der Waals surface area contributed by atoms with Crippen LogP contribution >= 0.6 is 0 Å². The summed E-state index contributed by atoms with van der Waals surface area (Å²) in [6.45, 7) is 8.06. The molecule has 130 valence electrons. The molecular formula is C15H22O8. The van der Waals surface area contributed by atoms with E-state index in [4.69, 9.17) is 34.1 Å². The second-order valence-electron chi connectivity index (χ2n) is 3.99. The number of rotatable bonds is 11. The van der Waals surface area contributed by atoms with Crippen LogP contribution in [0.15, 0.2) is 12.1 Å². The predicted molar refractivity (Wildman–Crippen MR) is 79.2 cm³/mol. The minimum atomic E-state index is -0.543. The van der Waals surface area contributed by atoms with Crippen LogP contribution in [0.25, 0.3) is 0 Å². The van der Waals surface area contributed by atoms with E-state index in [0.717, 1.165) is 0 Å². The first-order valence-electron chi connectivity index (χ1n) is 7.41. The molecule has 1 rings (SSSR count). The van der Waals surface area contributed by atoms with Gasteiger partial charge < -0.3 is 19.4 Å². The molecule has 1 aromatic carbocycles. The summed E-state index contributed by atoms with van der Waals surface area (Å²) >= 11 is 0. The lowest BCUT2D eigenvalue weighted by atomic mass is 10.2. The van der Waals surface area contributed by atoms with Gasteiger partial charge in [0.2, 0.25) is 11.5 Å². The van der Waals surface area contributed by atoms with Crippen LogP contribution in [-0.2, 0) is 19.4 Å². The Hall–Kier alpha value is -2.03. The molecule has 0 aliphatic heterocycles. The van der Waals surface area contributed by atoms with E-state index in [1.165, 1.54) is 12.1 Å². The van der Waals surface area contributed by atoms with Crippen LogP contribution in [-0.4, -0.2) is 32.4 Å². The van der Waals surface area contributed by atoms with E-state index in [1.54, 1.807) is 27.7 Å². The number of esters is 1. The topological polar surface area (TPSA) is 81.7 Å². The van der Waals surface area contributed by atoms with Gasteiger partial charge in [-0.2, -0.15) is 14.7 Å². The molecule has 0 spiro atoms. The smallest absolute Gasteiger partial charge is 0.338 e. The van der Waals surface area contributed by atoms with Gasteiger partial charge in [0.05, 0.1) is 32.0 Å². The molecule has 1 aromatic rings. The maximum absolute atomic E-state index is 11.9. The molecule has 0 amide bonds. The molecule has 8 nitrogen and oxygen atoms in total. The predicted octanol–water partition coefficient (Wildman–Crippen LogP) is 2.85. The molecule has 0 heterocycles. The van der Waals surface area contributed by atoms with Crippen molar-refractivity contribution < 1.29 is 38.9 Å². The summed E-state index contributed by atoms with van der Waals surface area (Å²) in [4.78, 5) is 42.1. The van der Waals surface area contributed by atoms with E-state index in [0.29, 0.717) is 19.8 Å². The highest BCUT2D eigenvalue weighted by molar-refractivity contribution is 5.91. The monoisotopic (exact) mass is 330 g/mol. The van der Waals surface area contributed by atoms with E-state index in [2.05, 4.69) is 0 Å². The molecule has 0 saturated carbocycles. The number of hydrogen-bond acceptors (Lipinski definition) is 8. The normalized spacial score (nSPS) is 10.3. The van der Waals surface area contributed by atoms with Gasteiger partial charge in [0, 0.05) is 12.1 Å². The summed E-state index contributed by atoms with van der Waals surface area (Å²) in [5, 5.41) is 0. The Bertz CT molecular complexity index is 459. The number of hydrogen-bond donors (Lipinski definition) is 0. The summed E-state index contributed by atoms with van der Waals surface area (Å²) in [6.07, 6.45) is 0. The third kappa shape index (κ3) is 5.93. The van der Waals surface area contributed by atoms with Crippen LogP contribution in [0, 0.1) is 0 Å². The van der Waals surface area contributed by atoms with Crippen molar-refractivity contribution in [3.63, 3.8) is 0 Å². The third-order valence-corrected chi connectivity index (χ3v) is 2.33. The van der Waals surface area contributed by atoms with Crippen LogP contribution in [0.3, 0.4) is 0 Å². The van der Waals surface area contributed by atoms with Crippen molar-refractivity contribution in [2.45, 2.75) is 27.7 Å². The van der Waals surface area contributed by atoms with Gasteiger partial charge in [-0.05, 0) is 27.7 Å². The van der Waals surface area contributed by atoms with Crippen molar-refractivity contribution in [3.05, 3.63) is 17.7 Å². The van der Waals surface area contributed by atoms with Gasteiger partial charge in [0.15, 0.2) is 0 Å². The average molecular weight is 330 g/mol. The van der Waals surface area contributed by atoms with Crippen molar-refractivity contribution in [3.8, 4) is 17.2 Å². The molecule has 0 bridgehead atoms. The first kappa shape index (κ1) is 19.0. The Labute approximate surface area is 134 Å². The highest BCUT2D eigenvalue weighted by atomic mass is 17.2. The van der Waals surface area contributed by atoms with Gasteiger partial charge in [-0.3, -0.25) is 0 Å². The van der Waals surface area contributed by atoms with Crippen LogP contribution in [0.2, 0.25) is 0 Å². The lowest BCUT2D eigenvalue weighted by molar-refractivity contribution is -0.235. The fourth-order valence-electron chi connectivity index (χ4n) is 1.48. The maximum atomic E-state index is 11.9. The zero-order valence-corrected chi connectivity index (χ0v) is 13.7. The zero-order chi connectivity index (χ0) is 17.1. The molecule has 0 aliphatic carbocycles. The fraction of sp³-hybridized carbons (Fsp3) is 0.533. The lowest BCUT2D eigenvalue weighted by Gasteiger charge is -2.14. The van der Waals surface area contributed by atoms with Crippen molar-refractivity contribution in [1.82, 2.24) is 0 Å². The summed E-state index contributed by atoms with van der Waals surface area (Å²) in [6, 6.07) is 2.81. The standard InChI is InChI=1S/C15H22O8/c1-5-17-15(16)11-9-12(21-18-6-2)14(23-20-8-4)13(10-11)22-19-7-3/h9-10H,5-8H2,1-4H3. The molecule has 0 N–H and O–H groups in total. The van der Waals surface area contributed by atoms with Gasteiger partial charge in [-0.15, -0.1) is 0 Å². The van der Waals surface area contributed by atoms with Gasteiger partial charge in [-0.1, -0.05) is 0 Å². The summed E-state index contributed by atoms with van der Waals surface area (Å²) in [5.41, 5.74) is 0.195. The first-order chi connectivity index (χ1) is 11.2. The van der Waals surface area contributed by atoms with Crippen molar-refractivity contribution in [1.29, 1.82) is 0 Å². The molecule has 0 unspecified atom stereocenters. The maximum Gasteiger partial charge on any atom is 0.338 e. The summed E-state index contributed by atoms with van der Waals surface area (Å²) in [7, 11) is 0. The van der Waals surface area contributed by atoms with E-state index in [-0.39, 0.29) is 29.4 Å². The fourth-order valence-corrected chi connectivity index (χ4v) is 1.48. The Morgan fingerprint density at radius 1 is 0.783 bits per heavy atom. The Morgan fingerprint density at radius 3 is 1.70 bits per heavy atom. The van der Waals surface area contributed by atoms with Crippen molar-refractivity contribution >= 4 is 5.97 Å². The van der Waals surface area contributed by atoms with Crippen LogP contribution in [0.4, 0.5) is 0 Å². The van der Waals surface area contributed by atoms with E-state index in [1.807, 2.05) is 0 Å². The molecular weight excluding hydrogens is 308 g/mol. The second-order valence-corrected chi connectivity index (χ2v) is 3.99. The van der Waals surface area contributed by atoms with Crippen LogP contribution < -0.4 is 14.7 Å². The second kappa shape index (κ2) is 10.7. The number of carbonyl (C=O) groups excluding carboxylic acids is 1. The molecule has 0 aliphatic rings. The van der Waals surface area contributed by atoms with Gasteiger partial charge in [0.1, 0.15) is 0 Å². The molecule has 0 atom stereocenters. The highest BCUT2D eigenvalue weighted by Gasteiger charge is 2.22. The van der Waals surface area contributed by atoms with Crippen LogP contribution in [0.5, 0.6) is 17.2 Å². The third-order valence-electron chi connectivity index (χ3n) is 2.33. The van der Waals surface area contributed by atoms with Gasteiger partial charge in [-0.25, -0.2) is 4.79 Å². The lowest BCUT2D eigenvalue weighted by Crippen LogP contribution is -2.09. The highest BCUT2D eigenvalue weighted by Crippen LogP contribution is 2.39. The van der Waals surface area contributed by atoms with Crippen molar-refractivity contribution in [2.75, 3.05) is 26.4 Å². The van der Waals surface area contributed by atoms with E-state index in [9.17, 15) is 4.79 Å². The van der Waals surface area contributed by atoms with Crippen LogP contribution in [0.1, 0.15) is 38.1 Å². The molecule has 0 saturated heterocycles. The molecule has 0 aromatic heterocycles.